The fourth-order valence-electron chi connectivity index (χ4n) is 2.88. The van der Waals surface area contributed by atoms with E-state index in [4.69, 9.17) is 9.47 Å². The Hall–Kier alpha value is -1.39. The molecule has 2 rings (SSSR count). The van der Waals surface area contributed by atoms with Crippen LogP contribution in [0, 0.1) is 5.92 Å². The van der Waals surface area contributed by atoms with Gasteiger partial charge in [0.2, 0.25) is 0 Å². The summed E-state index contributed by atoms with van der Waals surface area (Å²) in [6, 6.07) is 0.137. The molecule has 0 aromatic heterocycles. The Kier molecular flexibility index (Phi) is 3.65. The third-order valence-electron chi connectivity index (χ3n) is 3.51. The van der Waals surface area contributed by atoms with Gasteiger partial charge < -0.3 is 14.6 Å². The van der Waals surface area contributed by atoms with Crippen LogP contribution >= 0.6 is 0 Å². The molecule has 2 atom stereocenters. The van der Waals surface area contributed by atoms with E-state index in [9.17, 15) is 9.90 Å². The molecule has 19 heavy (non-hydrogen) atoms. The third kappa shape index (κ3) is 2.80. The first kappa shape index (κ1) is 14.0. The molecule has 1 saturated carbocycles. The Balaban J connectivity index is 2.22. The van der Waals surface area contributed by atoms with Gasteiger partial charge in [-0.2, -0.15) is 0 Å². The van der Waals surface area contributed by atoms with Crippen molar-refractivity contribution in [3.05, 3.63) is 11.6 Å². The van der Waals surface area contributed by atoms with E-state index in [-0.39, 0.29) is 24.0 Å². The summed E-state index contributed by atoms with van der Waals surface area (Å²) >= 11 is 0. The zero-order valence-electron chi connectivity index (χ0n) is 12.1. The molecule has 1 heterocycles. The second-order valence-electron chi connectivity index (χ2n) is 6.14. The lowest BCUT2D eigenvalue weighted by atomic mass is 10.1. The van der Waals surface area contributed by atoms with E-state index in [1.165, 1.54) is 0 Å². The minimum atomic E-state index is -0.536. The predicted octanol–water partition coefficient (Wildman–Crippen LogP) is 3.17. The van der Waals surface area contributed by atoms with Crippen molar-refractivity contribution in [2.45, 2.75) is 58.6 Å². The molecule has 0 aromatic rings. The summed E-state index contributed by atoms with van der Waals surface area (Å²) in [4.78, 5) is 13.9. The quantitative estimate of drug-likeness (QED) is 0.782. The van der Waals surface area contributed by atoms with Gasteiger partial charge in [-0.1, -0.05) is 0 Å². The third-order valence-corrected chi connectivity index (χ3v) is 3.51. The van der Waals surface area contributed by atoms with Gasteiger partial charge in [0.15, 0.2) is 0 Å². The van der Waals surface area contributed by atoms with Crippen LogP contribution in [0.1, 0.15) is 47.0 Å². The fourth-order valence-corrected chi connectivity index (χ4v) is 2.88. The maximum atomic E-state index is 12.3. The molecule has 1 N–H and O–H groups in total. The van der Waals surface area contributed by atoms with Crippen LogP contribution in [0.15, 0.2) is 11.6 Å². The van der Waals surface area contributed by atoms with Gasteiger partial charge in [0.25, 0.3) is 5.95 Å². The van der Waals surface area contributed by atoms with E-state index in [1.54, 1.807) is 4.90 Å². The van der Waals surface area contributed by atoms with E-state index >= 15 is 0 Å². The number of allylic oxidation sites excluding steroid dienone is 1. The summed E-state index contributed by atoms with van der Waals surface area (Å²) in [5.41, 5.74) is 0.0676. The minimum absolute atomic E-state index is 0.124. The number of fused-ring (bicyclic) bond motifs is 2. The van der Waals surface area contributed by atoms with Gasteiger partial charge in [0, 0.05) is 12.0 Å². The first-order valence-corrected chi connectivity index (χ1v) is 6.91. The molecule has 0 spiro atoms. The van der Waals surface area contributed by atoms with Crippen LogP contribution in [-0.2, 0) is 9.47 Å². The molecule has 2 bridgehead atoms. The van der Waals surface area contributed by atoms with Crippen molar-refractivity contribution in [1.82, 2.24) is 4.90 Å². The summed E-state index contributed by atoms with van der Waals surface area (Å²) < 4.78 is 10.6. The van der Waals surface area contributed by atoms with Crippen molar-refractivity contribution in [3.63, 3.8) is 0 Å². The zero-order chi connectivity index (χ0) is 14.2. The number of piperidine rings is 1. The molecular formula is C14H23NO4. The number of hydrogen-bond acceptors (Lipinski definition) is 4. The second-order valence-corrected chi connectivity index (χ2v) is 6.14. The van der Waals surface area contributed by atoms with Crippen molar-refractivity contribution >= 4 is 6.09 Å². The van der Waals surface area contributed by atoms with Crippen LogP contribution in [-0.4, -0.2) is 34.3 Å². The van der Waals surface area contributed by atoms with Crippen LogP contribution < -0.4 is 0 Å². The molecule has 1 amide bonds. The van der Waals surface area contributed by atoms with E-state index in [0.29, 0.717) is 12.3 Å². The van der Waals surface area contributed by atoms with Crippen LogP contribution in [0.2, 0.25) is 0 Å². The maximum absolute atomic E-state index is 12.3. The Bertz CT molecular complexity index is 397. The first-order valence-electron chi connectivity index (χ1n) is 6.91. The average molecular weight is 269 g/mol. The second kappa shape index (κ2) is 4.94. The van der Waals surface area contributed by atoms with Crippen LogP contribution in [0.25, 0.3) is 0 Å². The molecule has 108 valence electrons. The van der Waals surface area contributed by atoms with Crippen LogP contribution in [0.4, 0.5) is 4.79 Å². The largest absolute Gasteiger partial charge is 0.480 e. The van der Waals surface area contributed by atoms with E-state index in [0.717, 1.165) is 19.3 Å². The molecule has 5 nitrogen and oxygen atoms in total. The molecular weight excluding hydrogens is 246 g/mol. The number of ether oxygens (including phenoxy) is 2. The molecule has 2 unspecified atom stereocenters. The zero-order valence-corrected chi connectivity index (χ0v) is 12.1. The predicted molar refractivity (Wildman–Crippen MR) is 70.5 cm³/mol. The molecule has 1 saturated heterocycles. The summed E-state index contributed by atoms with van der Waals surface area (Å²) in [5, 5.41) is 10.00. The van der Waals surface area contributed by atoms with Gasteiger partial charge in [0.05, 0.1) is 6.61 Å². The van der Waals surface area contributed by atoms with Gasteiger partial charge in [-0.15, -0.1) is 0 Å². The normalized spacial score (nSPS) is 28.5. The highest BCUT2D eigenvalue weighted by atomic mass is 16.6. The Labute approximate surface area is 114 Å². The topological polar surface area (TPSA) is 59.0 Å². The highest BCUT2D eigenvalue weighted by molar-refractivity contribution is 5.72. The van der Waals surface area contributed by atoms with E-state index in [2.05, 4.69) is 0 Å². The van der Waals surface area contributed by atoms with E-state index < -0.39 is 5.60 Å². The monoisotopic (exact) mass is 269 g/mol. The van der Waals surface area contributed by atoms with Crippen molar-refractivity contribution in [2.75, 3.05) is 6.61 Å². The number of hydrogen-bond donors (Lipinski definition) is 1. The molecule has 1 aliphatic heterocycles. The molecule has 2 aliphatic rings. The molecule has 2 fully saturated rings. The Morgan fingerprint density at radius 2 is 2.11 bits per heavy atom. The summed E-state index contributed by atoms with van der Waals surface area (Å²) in [5.74, 6) is 0.0876. The van der Waals surface area contributed by atoms with Crippen molar-refractivity contribution in [1.29, 1.82) is 0 Å². The number of rotatable bonds is 2. The standard InChI is InChI=1S/C14H23NO4/c1-5-18-12(16)11-9-6-7-10(8-9)15(11)13(17)19-14(2,3)4/h9-10,16H,5-8H2,1-4H3/b12-11-. The van der Waals surface area contributed by atoms with Crippen molar-refractivity contribution in [3.8, 4) is 0 Å². The van der Waals surface area contributed by atoms with Gasteiger partial charge >= 0.3 is 6.09 Å². The number of aliphatic hydroxyl groups excluding tert-OH is 1. The number of amides is 1. The van der Waals surface area contributed by atoms with Crippen molar-refractivity contribution in [2.24, 2.45) is 5.92 Å². The molecule has 5 heteroatoms. The van der Waals surface area contributed by atoms with Gasteiger partial charge in [0.1, 0.15) is 11.3 Å². The van der Waals surface area contributed by atoms with Gasteiger partial charge in [-0.25, -0.2) is 4.79 Å². The lowest BCUT2D eigenvalue weighted by Crippen LogP contribution is -2.41. The summed E-state index contributed by atoms with van der Waals surface area (Å²) in [7, 11) is 0. The van der Waals surface area contributed by atoms with Crippen LogP contribution in [0.5, 0.6) is 0 Å². The highest BCUT2D eigenvalue weighted by Crippen LogP contribution is 2.46. The maximum Gasteiger partial charge on any atom is 0.415 e. The molecule has 0 aromatic carbocycles. The Morgan fingerprint density at radius 3 is 2.68 bits per heavy atom. The lowest BCUT2D eigenvalue weighted by molar-refractivity contribution is 0.0192. The van der Waals surface area contributed by atoms with Crippen LogP contribution in [0.3, 0.4) is 0 Å². The highest BCUT2D eigenvalue weighted by Gasteiger charge is 2.48. The van der Waals surface area contributed by atoms with Gasteiger partial charge in [-0.3, -0.25) is 4.90 Å². The lowest BCUT2D eigenvalue weighted by Gasteiger charge is -2.31. The first-order chi connectivity index (χ1) is 8.83. The number of nitrogens with zero attached hydrogens (tertiary/aromatic N) is 1. The summed E-state index contributed by atoms with van der Waals surface area (Å²) in [6.07, 6.45) is 2.47. The summed E-state index contributed by atoms with van der Waals surface area (Å²) in [6.45, 7) is 7.71. The smallest absolute Gasteiger partial charge is 0.415 e. The average Bonchev–Trinajstić information content (AvgIpc) is 2.85. The Morgan fingerprint density at radius 1 is 1.42 bits per heavy atom. The number of carbonyl (C=O) groups excluding carboxylic acids is 1. The molecule has 1 aliphatic carbocycles. The molecule has 0 radical (unpaired) electrons. The minimum Gasteiger partial charge on any atom is -0.480 e. The number of carbonyl (C=O) groups is 1. The SMILES string of the molecule is CCO/C(O)=C1/C2CCC(C2)N1C(=O)OC(C)(C)C. The fraction of sp³-hybridized carbons (Fsp3) is 0.786. The number of aliphatic hydroxyl groups is 1. The van der Waals surface area contributed by atoms with E-state index in [1.807, 2.05) is 27.7 Å². The van der Waals surface area contributed by atoms with Crippen molar-refractivity contribution < 1.29 is 19.4 Å². The van der Waals surface area contributed by atoms with Gasteiger partial charge in [-0.05, 0) is 47.0 Å². The number of likely N-dealkylation sites (tertiary alicyclic amines) is 1.